The molecule has 0 saturated carbocycles. The largest absolute Gasteiger partial charge is 0.480 e. The van der Waals surface area contributed by atoms with Crippen molar-refractivity contribution in [1.82, 2.24) is 0 Å². The second-order valence-electron chi connectivity index (χ2n) is 4.74. The van der Waals surface area contributed by atoms with Gasteiger partial charge in [-0.3, -0.25) is 0 Å². The predicted octanol–water partition coefficient (Wildman–Crippen LogP) is 1.29. The zero-order chi connectivity index (χ0) is 14.0. The molecule has 0 radical (unpaired) electrons. The summed E-state index contributed by atoms with van der Waals surface area (Å²) in [6.45, 7) is 8.41. The van der Waals surface area contributed by atoms with Crippen LogP contribution in [0.15, 0.2) is 12.7 Å². The maximum Gasteiger partial charge on any atom is 0.329 e. The van der Waals surface area contributed by atoms with Gasteiger partial charge in [-0.1, -0.05) is 25.2 Å². The first-order valence-electron chi connectivity index (χ1n) is 6.09. The van der Waals surface area contributed by atoms with E-state index in [1.807, 2.05) is 13.1 Å². The Kier molecular flexibility index (Phi) is 8.91. The normalized spacial score (nSPS) is 13.3. The lowest BCUT2D eigenvalue weighted by Gasteiger charge is -2.29. The zero-order valence-corrected chi connectivity index (χ0v) is 12.2. The number of aliphatic carboxylic acids is 1. The van der Waals surface area contributed by atoms with Crippen molar-refractivity contribution in [2.75, 3.05) is 26.4 Å². The van der Waals surface area contributed by atoms with Gasteiger partial charge in [-0.05, 0) is 6.42 Å². The molecule has 0 fully saturated rings. The smallest absolute Gasteiger partial charge is 0.329 e. The van der Waals surface area contributed by atoms with Gasteiger partial charge in [0, 0.05) is 0 Å². The Hall–Kier alpha value is -0.693. The van der Waals surface area contributed by atoms with Crippen molar-refractivity contribution in [1.29, 1.82) is 0 Å². The second-order valence-corrected chi connectivity index (χ2v) is 9.74. The molecule has 0 aliphatic carbocycles. The third kappa shape index (κ3) is 6.90. The van der Waals surface area contributed by atoms with Crippen LogP contribution in [0.4, 0.5) is 0 Å². The molecule has 0 aromatic heterocycles. The molecule has 0 aliphatic rings. The minimum atomic E-state index is -1.98. The highest BCUT2D eigenvalue weighted by molar-refractivity contribution is 6.81. The molecule has 1 atom stereocenters. The molecule has 18 heavy (non-hydrogen) atoms. The van der Waals surface area contributed by atoms with Gasteiger partial charge in [-0.25, -0.2) is 4.79 Å². The average molecular weight is 276 g/mol. The van der Waals surface area contributed by atoms with E-state index < -0.39 is 19.8 Å². The molecule has 0 saturated heterocycles. The molecule has 0 rings (SSSR count). The topological polar surface area (TPSA) is 76.0 Å². The van der Waals surface area contributed by atoms with Gasteiger partial charge in [0.15, 0.2) is 0 Å². The fraction of sp³-hybridized carbons (Fsp3) is 0.750. The molecule has 106 valence electrons. The van der Waals surface area contributed by atoms with Crippen molar-refractivity contribution in [3.05, 3.63) is 12.7 Å². The molecule has 0 aromatic carbocycles. The number of allylic oxidation sites excluding steroid dienone is 1. The van der Waals surface area contributed by atoms with Crippen LogP contribution in [0, 0.1) is 0 Å². The third-order valence-electron chi connectivity index (χ3n) is 2.67. The molecule has 2 N–H and O–H groups in total. The Balaban J connectivity index is 4.20. The quantitative estimate of drug-likeness (QED) is 0.338. The third-order valence-corrected chi connectivity index (χ3v) is 6.09. The van der Waals surface area contributed by atoms with E-state index in [9.17, 15) is 9.90 Å². The minimum absolute atomic E-state index is 0.0397. The number of rotatable bonds is 11. The monoisotopic (exact) mass is 276 g/mol. The van der Waals surface area contributed by atoms with E-state index in [1.54, 1.807) is 6.08 Å². The van der Waals surface area contributed by atoms with E-state index in [1.165, 1.54) is 0 Å². The van der Waals surface area contributed by atoms with E-state index in [0.29, 0.717) is 6.61 Å². The maximum atomic E-state index is 11.2. The number of hydrogen-bond acceptors (Lipinski definition) is 4. The Bertz CT molecular complexity index is 255. The second kappa shape index (κ2) is 9.27. The van der Waals surface area contributed by atoms with Gasteiger partial charge in [0.25, 0.3) is 0 Å². The van der Waals surface area contributed by atoms with Gasteiger partial charge in [0.05, 0.1) is 34.5 Å². The molecule has 1 unspecified atom stereocenters. The summed E-state index contributed by atoms with van der Waals surface area (Å²) < 4.78 is 10.5. The number of hydrogen-bond donors (Lipinski definition) is 2. The number of ether oxygens (including phenoxy) is 2. The van der Waals surface area contributed by atoms with Crippen LogP contribution in [0.3, 0.4) is 0 Å². The van der Waals surface area contributed by atoms with Crippen molar-refractivity contribution in [3.8, 4) is 0 Å². The molecule has 0 heterocycles. The predicted molar refractivity (Wildman–Crippen MR) is 72.4 cm³/mol. The van der Waals surface area contributed by atoms with Crippen LogP contribution in [0.25, 0.3) is 0 Å². The highest BCUT2D eigenvalue weighted by Crippen LogP contribution is 2.20. The Labute approximate surface area is 109 Å². The minimum Gasteiger partial charge on any atom is -0.480 e. The molecular weight excluding hydrogens is 252 g/mol. The summed E-state index contributed by atoms with van der Waals surface area (Å²) in [6, 6.07) is 0.838. The molecule has 0 bridgehead atoms. The van der Waals surface area contributed by atoms with Crippen LogP contribution in [0.5, 0.6) is 0 Å². The average Bonchev–Trinajstić information content (AvgIpc) is 2.30. The Morgan fingerprint density at radius 2 is 2.06 bits per heavy atom. The molecule has 5 nitrogen and oxygen atoms in total. The van der Waals surface area contributed by atoms with Crippen LogP contribution in [-0.2, 0) is 14.3 Å². The number of carbonyl (C=O) groups is 1. The van der Waals surface area contributed by atoms with Crippen LogP contribution < -0.4 is 0 Å². The van der Waals surface area contributed by atoms with E-state index in [0.717, 1.165) is 12.5 Å². The van der Waals surface area contributed by atoms with E-state index >= 15 is 0 Å². The standard InChI is InChI=1S/C12H24O5Si/c1-4-5-10-18(2,3)12(11(14)15)17-9-8-16-7-6-13/h4,12-13H,1,5-10H2,2-3H3,(H,14,15). The van der Waals surface area contributed by atoms with Crippen molar-refractivity contribution in [2.24, 2.45) is 0 Å². The first kappa shape index (κ1) is 17.3. The van der Waals surface area contributed by atoms with Gasteiger partial charge in [-0.2, -0.15) is 0 Å². The van der Waals surface area contributed by atoms with Gasteiger partial charge < -0.3 is 19.7 Å². The van der Waals surface area contributed by atoms with Crippen LogP contribution >= 0.6 is 0 Å². The number of carboxylic acids is 1. The molecule has 0 spiro atoms. The molecule has 0 aliphatic heterocycles. The SMILES string of the molecule is C=CCC[Si](C)(C)C(OCCOCCO)C(=O)O. The number of aliphatic hydroxyl groups is 1. The lowest BCUT2D eigenvalue weighted by Crippen LogP contribution is -2.49. The molecular formula is C12H24O5Si. The highest BCUT2D eigenvalue weighted by atomic mass is 28.3. The van der Waals surface area contributed by atoms with E-state index in [2.05, 4.69) is 6.58 Å². The van der Waals surface area contributed by atoms with Gasteiger partial charge in [-0.15, -0.1) is 6.58 Å². The fourth-order valence-electron chi connectivity index (χ4n) is 1.63. The lowest BCUT2D eigenvalue weighted by molar-refractivity contribution is -0.146. The van der Waals surface area contributed by atoms with Crippen molar-refractivity contribution in [2.45, 2.75) is 31.3 Å². The zero-order valence-electron chi connectivity index (χ0n) is 11.2. The summed E-state index contributed by atoms with van der Waals surface area (Å²) in [5.41, 5.74) is -0.727. The first-order chi connectivity index (χ1) is 8.45. The number of carboxylic acid groups (broad SMARTS) is 1. The molecule has 0 amide bonds. The Morgan fingerprint density at radius 3 is 2.56 bits per heavy atom. The summed E-state index contributed by atoms with van der Waals surface area (Å²) in [6.07, 6.45) is 2.62. The van der Waals surface area contributed by atoms with Crippen LogP contribution in [0.1, 0.15) is 6.42 Å². The fourth-order valence-corrected chi connectivity index (χ4v) is 4.08. The summed E-state index contributed by atoms with van der Waals surface area (Å²) in [5, 5.41) is 17.7. The lowest BCUT2D eigenvalue weighted by atomic mass is 10.5. The molecule has 0 aromatic rings. The summed E-state index contributed by atoms with van der Waals surface area (Å²) >= 11 is 0. The summed E-state index contributed by atoms with van der Waals surface area (Å²) in [7, 11) is -1.98. The Morgan fingerprint density at radius 1 is 1.39 bits per heavy atom. The maximum absolute atomic E-state index is 11.2. The van der Waals surface area contributed by atoms with Crippen molar-refractivity contribution < 1.29 is 24.5 Å². The van der Waals surface area contributed by atoms with Crippen LogP contribution in [0.2, 0.25) is 19.1 Å². The van der Waals surface area contributed by atoms with Gasteiger partial charge >= 0.3 is 5.97 Å². The highest BCUT2D eigenvalue weighted by Gasteiger charge is 2.37. The van der Waals surface area contributed by atoms with Crippen LogP contribution in [-0.4, -0.2) is 56.4 Å². The van der Waals surface area contributed by atoms with Gasteiger partial charge in [0.2, 0.25) is 0 Å². The van der Waals surface area contributed by atoms with E-state index in [4.69, 9.17) is 14.6 Å². The first-order valence-corrected chi connectivity index (χ1v) is 9.38. The van der Waals surface area contributed by atoms with E-state index in [-0.39, 0.29) is 19.8 Å². The molecule has 6 heteroatoms. The summed E-state index contributed by atoms with van der Waals surface area (Å²) in [4.78, 5) is 11.2. The van der Waals surface area contributed by atoms with Crippen molar-refractivity contribution >= 4 is 14.0 Å². The number of aliphatic hydroxyl groups excluding tert-OH is 1. The summed E-state index contributed by atoms with van der Waals surface area (Å²) in [5.74, 6) is -0.905. The van der Waals surface area contributed by atoms with Crippen molar-refractivity contribution in [3.63, 3.8) is 0 Å². The van der Waals surface area contributed by atoms with Gasteiger partial charge in [0.1, 0.15) is 5.73 Å².